The first-order chi connectivity index (χ1) is 6.40. The van der Waals surface area contributed by atoms with Crippen LogP contribution in [0.15, 0.2) is 0 Å². The first kappa shape index (κ1) is 12.0. The molecular weight excluding hydrogens is 176 g/mol. The van der Waals surface area contributed by atoms with E-state index < -0.39 is 0 Å². The lowest BCUT2D eigenvalue weighted by atomic mass is 9.70. The van der Waals surface area contributed by atoms with E-state index in [1.54, 1.807) is 6.92 Å². The Hall–Kier alpha value is -0.0800. The number of aliphatic hydroxyl groups excluding tert-OH is 2. The lowest BCUT2D eigenvalue weighted by Gasteiger charge is -2.36. The van der Waals surface area contributed by atoms with E-state index in [9.17, 15) is 5.11 Å². The van der Waals surface area contributed by atoms with Gasteiger partial charge in [-0.1, -0.05) is 20.8 Å². The molecule has 0 aliphatic heterocycles. The zero-order chi connectivity index (χ0) is 11.0. The Morgan fingerprint density at radius 2 is 1.79 bits per heavy atom. The molecule has 0 unspecified atom stereocenters. The molecule has 0 amide bonds. The maximum Gasteiger partial charge on any atom is 0.0601 e. The van der Waals surface area contributed by atoms with Crippen LogP contribution in [0, 0.1) is 16.7 Å². The van der Waals surface area contributed by atoms with E-state index in [0.717, 1.165) is 12.3 Å². The summed E-state index contributed by atoms with van der Waals surface area (Å²) in [5.41, 5.74) is 0.601. The molecule has 0 heterocycles. The molecule has 2 heteroatoms. The van der Waals surface area contributed by atoms with Crippen molar-refractivity contribution in [2.45, 2.75) is 53.1 Å². The average Bonchev–Trinajstić information content (AvgIpc) is 2.38. The quantitative estimate of drug-likeness (QED) is 0.629. The number of fused-ring (bicyclic) bond motifs is 2. The van der Waals surface area contributed by atoms with Crippen LogP contribution in [0.2, 0.25) is 0 Å². The van der Waals surface area contributed by atoms with Gasteiger partial charge in [0.05, 0.1) is 6.10 Å². The van der Waals surface area contributed by atoms with E-state index in [1.807, 2.05) is 0 Å². The molecule has 2 aliphatic rings. The molecule has 3 atom stereocenters. The van der Waals surface area contributed by atoms with Gasteiger partial charge < -0.3 is 10.2 Å². The van der Waals surface area contributed by atoms with Gasteiger partial charge in [-0.25, -0.2) is 0 Å². The van der Waals surface area contributed by atoms with Crippen LogP contribution in [0.25, 0.3) is 0 Å². The fourth-order valence-electron chi connectivity index (χ4n) is 3.16. The predicted molar refractivity (Wildman–Crippen MR) is 58.0 cm³/mol. The van der Waals surface area contributed by atoms with Crippen molar-refractivity contribution >= 4 is 0 Å². The summed E-state index contributed by atoms with van der Waals surface area (Å²) in [6.45, 7) is 8.83. The van der Waals surface area contributed by atoms with Crippen LogP contribution in [0.5, 0.6) is 0 Å². The summed E-state index contributed by atoms with van der Waals surface area (Å²) in [7, 11) is 0. The summed E-state index contributed by atoms with van der Waals surface area (Å²) in [4.78, 5) is 0. The van der Waals surface area contributed by atoms with Gasteiger partial charge in [-0.05, 0) is 42.9 Å². The summed E-state index contributed by atoms with van der Waals surface area (Å²) < 4.78 is 0. The Morgan fingerprint density at radius 3 is 1.93 bits per heavy atom. The minimum Gasteiger partial charge on any atom is -0.397 e. The summed E-state index contributed by atoms with van der Waals surface area (Å²) >= 11 is 0. The molecule has 2 N–H and O–H groups in total. The van der Waals surface area contributed by atoms with Crippen molar-refractivity contribution in [3.05, 3.63) is 0 Å². The van der Waals surface area contributed by atoms with E-state index in [2.05, 4.69) is 20.8 Å². The van der Waals surface area contributed by atoms with Gasteiger partial charge >= 0.3 is 0 Å². The maximum absolute atomic E-state index is 9.81. The largest absolute Gasteiger partial charge is 0.397 e. The molecule has 0 aromatic rings. The summed E-state index contributed by atoms with van der Waals surface area (Å²) in [6.07, 6.45) is 3.58. The van der Waals surface area contributed by atoms with Crippen LogP contribution in [0.1, 0.15) is 47.0 Å². The number of hydrogen-bond donors (Lipinski definition) is 2. The molecule has 0 radical (unpaired) electrons. The highest BCUT2D eigenvalue weighted by molar-refractivity contribution is 5.10. The second-order valence-electron chi connectivity index (χ2n) is 5.44. The Bertz CT molecular complexity index is 200. The second kappa shape index (κ2) is 3.82. The van der Waals surface area contributed by atoms with Gasteiger partial charge in [0.2, 0.25) is 0 Å². The number of hydrogen-bond acceptors (Lipinski definition) is 2. The van der Waals surface area contributed by atoms with Crippen LogP contribution >= 0.6 is 0 Å². The van der Waals surface area contributed by atoms with Crippen LogP contribution in [0.4, 0.5) is 0 Å². The maximum atomic E-state index is 9.81. The van der Waals surface area contributed by atoms with E-state index in [1.165, 1.54) is 12.8 Å². The van der Waals surface area contributed by atoms with E-state index >= 15 is 0 Å². The first-order valence-corrected chi connectivity index (χ1v) is 5.69. The molecule has 2 saturated carbocycles. The van der Waals surface area contributed by atoms with Crippen molar-refractivity contribution in [2.75, 3.05) is 6.61 Å². The first-order valence-electron chi connectivity index (χ1n) is 5.69. The summed E-state index contributed by atoms with van der Waals surface area (Å²) in [5, 5.41) is 17.4. The van der Waals surface area contributed by atoms with Crippen molar-refractivity contribution in [1.82, 2.24) is 0 Å². The molecule has 84 valence electrons. The molecular formula is C12H24O2. The second-order valence-corrected chi connectivity index (χ2v) is 5.44. The predicted octanol–water partition coefficient (Wildman–Crippen LogP) is 2.19. The lowest BCUT2D eigenvalue weighted by molar-refractivity contribution is 0.0126. The smallest absolute Gasteiger partial charge is 0.0601 e. The third-order valence-corrected chi connectivity index (χ3v) is 4.75. The van der Waals surface area contributed by atoms with Crippen LogP contribution < -0.4 is 0 Å². The summed E-state index contributed by atoms with van der Waals surface area (Å²) in [5.74, 6) is 0.780. The van der Waals surface area contributed by atoms with Crippen molar-refractivity contribution in [2.24, 2.45) is 16.7 Å². The van der Waals surface area contributed by atoms with Gasteiger partial charge in [0.15, 0.2) is 0 Å². The molecule has 2 nitrogen and oxygen atoms in total. The zero-order valence-corrected chi connectivity index (χ0v) is 9.88. The third-order valence-electron chi connectivity index (χ3n) is 4.75. The minimum atomic E-state index is -0.0313. The van der Waals surface area contributed by atoms with Crippen molar-refractivity contribution in [1.29, 1.82) is 0 Å². The molecule has 2 bridgehead atoms. The Balaban J connectivity index is 0.000000293. The Morgan fingerprint density at radius 1 is 1.29 bits per heavy atom. The third kappa shape index (κ3) is 1.49. The Labute approximate surface area is 87.3 Å². The molecule has 0 aromatic carbocycles. The SMILES string of the molecule is CC1(C)[C@@H]2CC[C@]1(C)[C@@H](O)C2.CCO. The standard InChI is InChI=1S/C10H18O.C2H6O/c1-9(2)7-4-5-10(9,3)8(11)6-7;1-2-3/h7-8,11H,4-6H2,1-3H3;3H,2H2,1H3/t7-,8+,10-;/m1./s1. The van der Waals surface area contributed by atoms with Crippen LogP contribution in [0.3, 0.4) is 0 Å². The van der Waals surface area contributed by atoms with E-state index in [-0.39, 0.29) is 18.1 Å². The van der Waals surface area contributed by atoms with Gasteiger partial charge in [-0.15, -0.1) is 0 Å². The molecule has 0 saturated heterocycles. The average molecular weight is 200 g/mol. The molecule has 0 spiro atoms. The van der Waals surface area contributed by atoms with E-state index in [4.69, 9.17) is 5.11 Å². The van der Waals surface area contributed by atoms with Crippen LogP contribution in [-0.4, -0.2) is 22.9 Å². The van der Waals surface area contributed by atoms with Gasteiger partial charge in [0.25, 0.3) is 0 Å². The lowest BCUT2D eigenvalue weighted by Crippen LogP contribution is -2.35. The summed E-state index contributed by atoms with van der Waals surface area (Å²) in [6, 6.07) is 0. The molecule has 14 heavy (non-hydrogen) atoms. The monoisotopic (exact) mass is 200 g/mol. The normalized spacial score (nSPS) is 43.3. The van der Waals surface area contributed by atoms with Crippen LogP contribution in [-0.2, 0) is 0 Å². The topological polar surface area (TPSA) is 40.5 Å². The van der Waals surface area contributed by atoms with Crippen molar-refractivity contribution < 1.29 is 10.2 Å². The Kier molecular flexibility index (Phi) is 3.27. The molecule has 2 fully saturated rings. The fraction of sp³-hybridized carbons (Fsp3) is 1.00. The molecule has 2 rings (SSSR count). The number of aliphatic hydroxyl groups is 2. The molecule has 0 aromatic heterocycles. The highest BCUT2D eigenvalue weighted by Crippen LogP contribution is 2.65. The molecule has 2 aliphatic carbocycles. The van der Waals surface area contributed by atoms with Crippen molar-refractivity contribution in [3.8, 4) is 0 Å². The van der Waals surface area contributed by atoms with Gasteiger partial charge in [0, 0.05) is 6.61 Å². The highest BCUT2D eigenvalue weighted by Gasteiger charge is 2.60. The highest BCUT2D eigenvalue weighted by atomic mass is 16.3. The fourth-order valence-corrected chi connectivity index (χ4v) is 3.16. The number of rotatable bonds is 0. The van der Waals surface area contributed by atoms with Gasteiger partial charge in [0.1, 0.15) is 0 Å². The minimum absolute atomic E-state index is 0.0313. The van der Waals surface area contributed by atoms with Gasteiger partial charge in [-0.3, -0.25) is 0 Å². The van der Waals surface area contributed by atoms with E-state index in [0.29, 0.717) is 5.41 Å². The van der Waals surface area contributed by atoms with Gasteiger partial charge in [-0.2, -0.15) is 0 Å². The zero-order valence-electron chi connectivity index (χ0n) is 9.88. The van der Waals surface area contributed by atoms with Crippen molar-refractivity contribution in [3.63, 3.8) is 0 Å².